The average molecular weight is 170 g/mol. The van der Waals surface area contributed by atoms with Crippen molar-refractivity contribution >= 4 is 0 Å². The van der Waals surface area contributed by atoms with Crippen molar-refractivity contribution in [3.63, 3.8) is 0 Å². The summed E-state index contributed by atoms with van der Waals surface area (Å²) in [6.07, 6.45) is 2.25. The largest absolute Gasteiger partial charge is 0.396 e. The van der Waals surface area contributed by atoms with Gasteiger partial charge in [0.25, 0.3) is 0 Å². The molecule has 0 atom stereocenters. The lowest BCUT2D eigenvalue weighted by atomic mass is 10.3. The highest BCUT2D eigenvalue weighted by Gasteiger charge is 2.00. The van der Waals surface area contributed by atoms with E-state index in [9.17, 15) is 0 Å². The molecule has 0 amide bonds. The first-order valence-electron chi connectivity index (χ1n) is 4.08. The molecule has 0 saturated heterocycles. The van der Waals surface area contributed by atoms with Gasteiger partial charge in [-0.15, -0.1) is 0 Å². The number of H-pyrrole nitrogens is 1. The smallest absolute Gasteiger partial charge is 0.152 e. The van der Waals surface area contributed by atoms with Gasteiger partial charge in [-0.1, -0.05) is 0 Å². The fourth-order valence-corrected chi connectivity index (χ4v) is 0.928. The van der Waals surface area contributed by atoms with Crippen LogP contribution in [0.5, 0.6) is 0 Å². The average Bonchev–Trinajstić information content (AvgIpc) is 2.50. The van der Waals surface area contributed by atoms with Crippen LogP contribution in [-0.4, -0.2) is 33.4 Å². The Morgan fingerprint density at radius 1 is 1.42 bits per heavy atom. The van der Waals surface area contributed by atoms with Crippen LogP contribution < -0.4 is 5.73 Å². The summed E-state index contributed by atoms with van der Waals surface area (Å²) in [6, 6.07) is 0. The molecule has 12 heavy (non-hydrogen) atoms. The van der Waals surface area contributed by atoms with Crippen LogP contribution in [-0.2, 0) is 12.8 Å². The van der Waals surface area contributed by atoms with Gasteiger partial charge in [-0.25, -0.2) is 4.98 Å². The maximum Gasteiger partial charge on any atom is 0.152 e. The first-order chi connectivity index (χ1) is 5.86. The minimum Gasteiger partial charge on any atom is -0.396 e. The van der Waals surface area contributed by atoms with Crippen molar-refractivity contribution in [1.29, 1.82) is 0 Å². The van der Waals surface area contributed by atoms with E-state index in [4.69, 9.17) is 10.8 Å². The summed E-state index contributed by atoms with van der Waals surface area (Å²) in [4.78, 5) is 4.16. The zero-order valence-corrected chi connectivity index (χ0v) is 6.95. The van der Waals surface area contributed by atoms with Gasteiger partial charge in [0.15, 0.2) is 5.82 Å². The minimum atomic E-state index is 0.0915. The molecule has 1 rings (SSSR count). The molecule has 1 aromatic rings. The van der Waals surface area contributed by atoms with Gasteiger partial charge in [0, 0.05) is 12.8 Å². The summed E-state index contributed by atoms with van der Waals surface area (Å²) in [6.45, 7) is 0.754. The van der Waals surface area contributed by atoms with Gasteiger partial charge in [0.2, 0.25) is 0 Å². The number of nitrogens with zero attached hydrogens (tertiary/aromatic N) is 2. The standard InChI is InChI=1S/C7H14N4O/c8-4-1-2-6-9-7(3-5-12)11-10-6/h12H,1-5,8H2,(H,9,10,11). The quantitative estimate of drug-likeness (QED) is 0.541. The third-order valence-electron chi connectivity index (χ3n) is 1.53. The van der Waals surface area contributed by atoms with Crippen LogP contribution in [0.3, 0.4) is 0 Å². The molecule has 0 aliphatic carbocycles. The molecule has 1 heterocycles. The number of hydrogen-bond acceptors (Lipinski definition) is 4. The number of hydrogen-bond donors (Lipinski definition) is 3. The molecule has 0 unspecified atom stereocenters. The number of aliphatic hydroxyl groups is 1. The van der Waals surface area contributed by atoms with Crippen molar-refractivity contribution in [3.8, 4) is 0 Å². The Balaban J connectivity index is 2.41. The summed E-state index contributed by atoms with van der Waals surface area (Å²) in [5, 5.41) is 15.3. The molecule has 0 bridgehead atoms. The summed E-state index contributed by atoms with van der Waals surface area (Å²) in [5.41, 5.74) is 5.34. The molecule has 5 heteroatoms. The number of nitrogens with two attached hydrogens (primary N) is 1. The van der Waals surface area contributed by atoms with E-state index in [0.29, 0.717) is 18.8 Å². The van der Waals surface area contributed by atoms with Crippen molar-refractivity contribution in [2.24, 2.45) is 5.73 Å². The first kappa shape index (κ1) is 9.15. The molecule has 1 aromatic heterocycles. The summed E-state index contributed by atoms with van der Waals surface area (Å²) >= 11 is 0. The maximum atomic E-state index is 8.59. The summed E-state index contributed by atoms with van der Waals surface area (Å²) < 4.78 is 0. The molecule has 0 aliphatic heterocycles. The van der Waals surface area contributed by atoms with Gasteiger partial charge >= 0.3 is 0 Å². The van der Waals surface area contributed by atoms with E-state index in [2.05, 4.69) is 15.2 Å². The van der Waals surface area contributed by atoms with Crippen molar-refractivity contribution in [2.75, 3.05) is 13.2 Å². The van der Waals surface area contributed by atoms with Crippen LogP contribution in [0.15, 0.2) is 0 Å². The fourth-order valence-electron chi connectivity index (χ4n) is 0.928. The number of aromatic amines is 1. The molecule has 4 N–H and O–H groups in total. The van der Waals surface area contributed by atoms with E-state index in [1.54, 1.807) is 0 Å². The summed E-state index contributed by atoms with van der Waals surface area (Å²) in [5.74, 6) is 1.52. The van der Waals surface area contributed by atoms with E-state index in [1.807, 2.05) is 0 Å². The molecule has 0 aromatic carbocycles. The van der Waals surface area contributed by atoms with E-state index in [0.717, 1.165) is 18.7 Å². The van der Waals surface area contributed by atoms with E-state index < -0.39 is 0 Å². The Morgan fingerprint density at radius 3 is 2.92 bits per heavy atom. The number of aryl methyl sites for hydroxylation is 1. The van der Waals surface area contributed by atoms with Crippen molar-refractivity contribution in [3.05, 3.63) is 11.6 Å². The van der Waals surface area contributed by atoms with E-state index >= 15 is 0 Å². The van der Waals surface area contributed by atoms with Gasteiger partial charge in [-0.2, -0.15) is 5.10 Å². The monoisotopic (exact) mass is 170 g/mol. The fraction of sp³-hybridized carbons (Fsp3) is 0.714. The zero-order valence-electron chi connectivity index (χ0n) is 6.95. The lowest BCUT2D eigenvalue weighted by Gasteiger charge is -1.90. The second kappa shape index (κ2) is 4.84. The number of aliphatic hydroxyl groups excluding tert-OH is 1. The van der Waals surface area contributed by atoms with Gasteiger partial charge in [-0.3, -0.25) is 5.10 Å². The molecule has 0 radical (unpaired) electrons. The normalized spacial score (nSPS) is 10.5. The predicted molar refractivity (Wildman–Crippen MR) is 44.5 cm³/mol. The van der Waals surface area contributed by atoms with Crippen LogP contribution in [0.25, 0.3) is 0 Å². The van der Waals surface area contributed by atoms with Crippen molar-refractivity contribution in [1.82, 2.24) is 15.2 Å². The zero-order chi connectivity index (χ0) is 8.81. The van der Waals surface area contributed by atoms with Gasteiger partial charge in [-0.05, 0) is 13.0 Å². The second-order valence-electron chi connectivity index (χ2n) is 2.56. The predicted octanol–water partition coefficient (Wildman–Crippen LogP) is -0.769. The molecular formula is C7H14N4O. The Morgan fingerprint density at radius 2 is 2.25 bits per heavy atom. The third-order valence-corrected chi connectivity index (χ3v) is 1.53. The third kappa shape index (κ3) is 2.60. The molecule has 0 aliphatic rings. The van der Waals surface area contributed by atoms with Crippen LogP contribution in [0.4, 0.5) is 0 Å². The number of rotatable bonds is 5. The Labute approximate surface area is 71.0 Å². The lowest BCUT2D eigenvalue weighted by molar-refractivity contribution is 0.296. The molecule has 5 nitrogen and oxygen atoms in total. The highest BCUT2D eigenvalue weighted by molar-refractivity contribution is 4.90. The van der Waals surface area contributed by atoms with Crippen LogP contribution in [0.1, 0.15) is 18.1 Å². The lowest BCUT2D eigenvalue weighted by Crippen LogP contribution is -2.01. The molecule has 0 fully saturated rings. The first-order valence-corrected chi connectivity index (χ1v) is 4.08. The topological polar surface area (TPSA) is 87.8 Å². The highest BCUT2D eigenvalue weighted by Crippen LogP contribution is 1.96. The second-order valence-corrected chi connectivity index (χ2v) is 2.56. The van der Waals surface area contributed by atoms with Crippen molar-refractivity contribution < 1.29 is 5.11 Å². The summed E-state index contributed by atoms with van der Waals surface area (Å²) in [7, 11) is 0. The van der Waals surface area contributed by atoms with Crippen LogP contribution in [0, 0.1) is 0 Å². The Kier molecular flexibility index (Phi) is 3.69. The van der Waals surface area contributed by atoms with Crippen LogP contribution in [0.2, 0.25) is 0 Å². The molecule has 68 valence electrons. The molecule has 0 saturated carbocycles. The van der Waals surface area contributed by atoms with E-state index in [-0.39, 0.29) is 6.61 Å². The highest BCUT2D eigenvalue weighted by atomic mass is 16.3. The number of nitrogens with one attached hydrogen (secondary N) is 1. The minimum absolute atomic E-state index is 0.0915. The Hall–Kier alpha value is -0.940. The Bertz CT molecular complexity index is 223. The van der Waals surface area contributed by atoms with Crippen LogP contribution >= 0.6 is 0 Å². The van der Waals surface area contributed by atoms with E-state index in [1.165, 1.54) is 0 Å². The van der Waals surface area contributed by atoms with Crippen molar-refractivity contribution in [2.45, 2.75) is 19.3 Å². The van der Waals surface area contributed by atoms with Gasteiger partial charge in [0.05, 0.1) is 6.61 Å². The molecular weight excluding hydrogens is 156 g/mol. The van der Waals surface area contributed by atoms with Gasteiger partial charge in [0.1, 0.15) is 5.82 Å². The molecule has 0 spiro atoms. The maximum absolute atomic E-state index is 8.59. The SMILES string of the molecule is NCCCc1nc(CCO)n[nH]1. The van der Waals surface area contributed by atoms with Gasteiger partial charge < -0.3 is 10.8 Å². The number of aromatic nitrogens is 3.